The Morgan fingerprint density at radius 2 is 2.04 bits per heavy atom. The normalized spacial score (nSPS) is 20.0. The Labute approximate surface area is 159 Å². The van der Waals surface area contributed by atoms with E-state index >= 15 is 0 Å². The second-order valence-electron chi connectivity index (χ2n) is 6.50. The van der Waals surface area contributed by atoms with Gasteiger partial charge in [0.1, 0.15) is 17.3 Å². The van der Waals surface area contributed by atoms with Gasteiger partial charge in [-0.1, -0.05) is 30.9 Å². The van der Waals surface area contributed by atoms with Gasteiger partial charge in [0.15, 0.2) is 0 Å². The minimum atomic E-state index is 0.321. The molecule has 0 saturated heterocycles. The monoisotopic (exact) mass is 358 g/mol. The van der Waals surface area contributed by atoms with Gasteiger partial charge < -0.3 is 20.3 Å². The van der Waals surface area contributed by atoms with Crippen molar-refractivity contribution in [3.63, 3.8) is 0 Å². The van der Waals surface area contributed by atoms with Crippen LogP contribution in [-0.2, 0) is 0 Å². The number of hydrogen-bond donors (Lipinski definition) is 2. The Hall–Kier alpha value is -3.47. The number of para-hydroxylation sites is 2. The van der Waals surface area contributed by atoms with Crippen LogP contribution >= 0.6 is 0 Å². The molecule has 2 aromatic rings. The number of anilines is 3. The van der Waals surface area contributed by atoms with Gasteiger partial charge in [-0.15, -0.1) is 0 Å². The molecule has 0 amide bonds. The Morgan fingerprint density at radius 3 is 2.89 bits per heavy atom. The van der Waals surface area contributed by atoms with Crippen molar-refractivity contribution in [1.82, 2.24) is 9.88 Å². The Bertz CT molecular complexity index is 931. The molecule has 2 N–H and O–H groups in total. The highest BCUT2D eigenvalue weighted by Gasteiger charge is 2.26. The number of hydrogen-bond acceptors (Lipinski definition) is 5. The molecule has 0 saturated carbocycles. The zero-order chi connectivity index (χ0) is 18.6. The van der Waals surface area contributed by atoms with E-state index in [0.29, 0.717) is 17.8 Å². The van der Waals surface area contributed by atoms with Crippen LogP contribution in [0.25, 0.3) is 0 Å². The summed E-state index contributed by atoms with van der Waals surface area (Å²) in [6.45, 7) is 3.72. The average molecular weight is 358 g/mol. The summed E-state index contributed by atoms with van der Waals surface area (Å²) in [6, 6.07) is 12.0. The van der Waals surface area contributed by atoms with Gasteiger partial charge in [0, 0.05) is 25.2 Å². The topological polar surface area (TPSA) is 49.4 Å². The number of pyridine rings is 1. The van der Waals surface area contributed by atoms with Crippen molar-refractivity contribution in [3.8, 4) is 5.75 Å². The Balaban J connectivity index is 1.50. The van der Waals surface area contributed by atoms with E-state index in [2.05, 4.69) is 58.6 Å². The first kappa shape index (κ1) is 17.0. The van der Waals surface area contributed by atoms with Crippen molar-refractivity contribution in [1.29, 1.82) is 0 Å². The van der Waals surface area contributed by atoms with E-state index in [-0.39, 0.29) is 0 Å². The molecule has 2 heterocycles. The maximum Gasteiger partial charge on any atom is 0.134 e. The maximum absolute atomic E-state index is 6.08. The first-order chi connectivity index (χ1) is 13.2. The maximum atomic E-state index is 6.08. The van der Waals surface area contributed by atoms with Gasteiger partial charge in [0.25, 0.3) is 0 Å². The summed E-state index contributed by atoms with van der Waals surface area (Å²) in [5, 5.41) is 6.44. The molecule has 2 unspecified atom stereocenters. The molecule has 0 bridgehead atoms. The first-order valence-corrected chi connectivity index (χ1v) is 8.90. The predicted octanol–water partition coefficient (Wildman–Crippen LogP) is 4.66. The number of allylic oxidation sites excluding steroid dienone is 1. The number of fused-ring (bicyclic) bond motifs is 1. The first-order valence-electron chi connectivity index (χ1n) is 8.90. The number of rotatable bonds is 6. The smallest absolute Gasteiger partial charge is 0.134 e. The molecule has 2 atom stereocenters. The molecule has 5 heteroatoms. The molecule has 1 aliphatic heterocycles. The fourth-order valence-corrected chi connectivity index (χ4v) is 3.27. The van der Waals surface area contributed by atoms with Gasteiger partial charge in [-0.3, -0.25) is 0 Å². The number of nitrogens with one attached hydrogen (secondary N) is 2. The number of benzene rings is 1. The van der Waals surface area contributed by atoms with E-state index < -0.39 is 0 Å². The van der Waals surface area contributed by atoms with Gasteiger partial charge in [-0.05, 0) is 42.8 Å². The molecule has 1 aliphatic carbocycles. The van der Waals surface area contributed by atoms with Crippen LogP contribution in [0.15, 0.2) is 91.6 Å². The van der Waals surface area contributed by atoms with Gasteiger partial charge in [-0.25, -0.2) is 4.98 Å². The van der Waals surface area contributed by atoms with Crippen LogP contribution < -0.4 is 15.4 Å². The second-order valence-corrected chi connectivity index (χ2v) is 6.50. The highest BCUT2D eigenvalue weighted by Crippen LogP contribution is 2.30. The summed E-state index contributed by atoms with van der Waals surface area (Å²) < 4.78 is 6.08. The molecule has 0 spiro atoms. The minimum absolute atomic E-state index is 0.321. The van der Waals surface area contributed by atoms with E-state index in [1.807, 2.05) is 42.5 Å². The number of likely N-dealkylation sites (N-methyl/N-ethyl adjacent to an activating group) is 1. The van der Waals surface area contributed by atoms with Gasteiger partial charge in [0.05, 0.1) is 17.4 Å². The summed E-state index contributed by atoms with van der Waals surface area (Å²) >= 11 is 0. The van der Waals surface area contributed by atoms with Crippen LogP contribution in [0.1, 0.15) is 0 Å². The summed E-state index contributed by atoms with van der Waals surface area (Å²) in [5.74, 6) is 2.72. The number of aromatic nitrogens is 1. The zero-order valence-corrected chi connectivity index (χ0v) is 15.2. The van der Waals surface area contributed by atoms with Crippen LogP contribution in [0.5, 0.6) is 5.75 Å². The van der Waals surface area contributed by atoms with Gasteiger partial charge in [0.2, 0.25) is 0 Å². The molecular weight excluding hydrogens is 336 g/mol. The lowest BCUT2D eigenvalue weighted by atomic mass is 9.96. The van der Waals surface area contributed by atoms with E-state index in [4.69, 9.17) is 4.74 Å². The van der Waals surface area contributed by atoms with E-state index in [0.717, 1.165) is 22.9 Å². The summed E-state index contributed by atoms with van der Waals surface area (Å²) in [5.41, 5.74) is 1.85. The highest BCUT2D eigenvalue weighted by atomic mass is 16.5. The van der Waals surface area contributed by atoms with Gasteiger partial charge >= 0.3 is 0 Å². The number of ether oxygens (including phenoxy) is 1. The SMILES string of the molecule is C=CNc1ccccc1Nc1cc(OC2=CC3C(C=C2)C=CN3C)ccn1. The van der Waals surface area contributed by atoms with Crippen LogP contribution in [0.4, 0.5) is 17.2 Å². The summed E-state index contributed by atoms with van der Waals surface area (Å²) in [7, 11) is 2.08. The molecule has 27 heavy (non-hydrogen) atoms. The molecule has 1 aromatic heterocycles. The molecule has 0 fully saturated rings. The van der Waals surface area contributed by atoms with Crippen molar-refractivity contribution in [2.75, 3.05) is 17.7 Å². The molecular formula is C22H22N4O. The molecule has 0 radical (unpaired) electrons. The van der Waals surface area contributed by atoms with Crippen LogP contribution in [0, 0.1) is 5.92 Å². The molecule has 4 rings (SSSR count). The highest BCUT2D eigenvalue weighted by molar-refractivity contribution is 5.74. The summed E-state index contributed by atoms with van der Waals surface area (Å²) in [4.78, 5) is 6.59. The fraction of sp³-hybridized carbons (Fsp3) is 0.136. The average Bonchev–Trinajstić information content (AvgIpc) is 3.04. The lowest BCUT2D eigenvalue weighted by Gasteiger charge is -2.25. The third-order valence-electron chi connectivity index (χ3n) is 4.64. The van der Waals surface area contributed by atoms with Crippen LogP contribution in [-0.4, -0.2) is 23.0 Å². The third kappa shape index (κ3) is 3.72. The van der Waals surface area contributed by atoms with Crippen LogP contribution in [0.3, 0.4) is 0 Å². The fourth-order valence-electron chi connectivity index (χ4n) is 3.27. The lowest BCUT2D eigenvalue weighted by molar-refractivity contribution is 0.357. The van der Waals surface area contributed by atoms with E-state index in [1.54, 1.807) is 12.4 Å². The van der Waals surface area contributed by atoms with E-state index in [1.165, 1.54) is 0 Å². The lowest BCUT2D eigenvalue weighted by Crippen LogP contribution is -2.28. The Morgan fingerprint density at radius 1 is 1.19 bits per heavy atom. The zero-order valence-electron chi connectivity index (χ0n) is 15.2. The predicted molar refractivity (Wildman–Crippen MR) is 110 cm³/mol. The van der Waals surface area contributed by atoms with Crippen molar-refractivity contribution in [2.45, 2.75) is 6.04 Å². The molecule has 136 valence electrons. The van der Waals surface area contributed by atoms with Crippen molar-refractivity contribution in [3.05, 3.63) is 91.6 Å². The number of nitrogens with zero attached hydrogens (tertiary/aromatic N) is 2. The largest absolute Gasteiger partial charge is 0.457 e. The van der Waals surface area contributed by atoms with Crippen molar-refractivity contribution < 1.29 is 4.74 Å². The third-order valence-corrected chi connectivity index (χ3v) is 4.64. The van der Waals surface area contributed by atoms with E-state index in [9.17, 15) is 0 Å². The minimum Gasteiger partial charge on any atom is -0.457 e. The van der Waals surface area contributed by atoms with Crippen LogP contribution in [0.2, 0.25) is 0 Å². The standard InChI is InChI=1S/C22H22N4O/c1-3-23-19-6-4-5-7-20(19)25-22-15-18(10-12-24-22)27-17-9-8-16-11-13-26(2)21(16)14-17/h3-16,21,23H,1H2,2H3,(H,24,25). The summed E-state index contributed by atoms with van der Waals surface area (Å²) in [6.07, 6.45) is 14.1. The Kier molecular flexibility index (Phi) is 4.66. The molecule has 1 aromatic carbocycles. The van der Waals surface area contributed by atoms with Crippen molar-refractivity contribution >= 4 is 17.2 Å². The molecule has 5 nitrogen and oxygen atoms in total. The van der Waals surface area contributed by atoms with Gasteiger partial charge in [-0.2, -0.15) is 0 Å². The molecule has 2 aliphatic rings. The van der Waals surface area contributed by atoms with Crippen molar-refractivity contribution in [2.24, 2.45) is 5.92 Å². The quantitative estimate of drug-likeness (QED) is 0.787. The second kappa shape index (κ2) is 7.41.